The van der Waals surface area contributed by atoms with E-state index >= 15 is 0 Å². The van der Waals surface area contributed by atoms with Crippen LogP contribution in [0.4, 0.5) is 0 Å². The molecule has 0 aromatic heterocycles. The van der Waals surface area contributed by atoms with Crippen LogP contribution in [0.2, 0.25) is 0 Å². The summed E-state index contributed by atoms with van der Waals surface area (Å²) in [5.74, 6) is 0.712. The van der Waals surface area contributed by atoms with Gasteiger partial charge in [0.25, 0.3) is 0 Å². The van der Waals surface area contributed by atoms with Crippen molar-refractivity contribution in [3.05, 3.63) is 42.5 Å². The molecule has 1 heterocycles. The molecule has 186 valence electrons. The maximum atomic E-state index is 13.6. The lowest BCUT2D eigenvalue weighted by Crippen LogP contribution is -2.50. The summed E-state index contributed by atoms with van der Waals surface area (Å²) in [6, 6.07) is 11.9. The van der Waals surface area contributed by atoms with Gasteiger partial charge >= 0.3 is 0 Å². The van der Waals surface area contributed by atoms with Gasteiger partial charge in [0.1, 0.15) is 22.5 Å². The number of carbonyl (C=O) groups is 1. The minimum absolute atomic E-state index is 0.0155. The Morgan fingerprint density at radius 3 is 2.47 bits per heavy atom. The van der Waals surface area contributed by atoms with Gasteiger partial charge in [0.05, 0.1) is 20.3 Å². The molecule has 0 saturated carbocycles. The molecule has 0 bridgehead atoms. The zero-order valence-corrected chi connectivity index (χ0v) is 21.2. The van der Waals surface area contributed by atoms with Crippen LogP contribution in [-0.4, -0.2) is 74.6 Å². The van der Waals surface area contributed by atoms with Crippen LogP contribution in [0.1, 0.15) is 27.2 Å². The fourth-order valence-electron chi connectivity index (χ4n) is 4.05. The monoisotopic (exact) mass is 490 g/mol. The van der Waals surface area contributed by atoms with E-state index in [9.17, 15) is 18.3 Å². The number of aliphatic hydroxyl groups is 1. The molecule has 34 heavy (non-hydrogen) atoms. The fraction of sp³-hybridized carbons (Fsp3) is 0.480. The molecule has 0 saturated heterocycles. The van der Waals surface area contributed by atoms with Crippen molar-refractivity contribution in [2.24, 2.45) is 5.92 Å². The Labute approximate surface area is 202 Å². The van der Waals surface area contributed by atoms with E-state index in [1.165, 1.54) is 4.31 Å². The van der Waals surface area contributed by atoms with Gasteiger partial charge in [-0.3, -0.25) is 4.79 Å². The number of carbonyl (C=O) groups excluding carboxylic acids is 1. The molecule has 0 aliphatic carbocycles. The molecule has 0 radical (unpaired) electrons. The van der Waals surface area contributed by atoms with E-state index in [0.29, 0.717) is 13.0 Å². The number of likely N-dealkylation sites (N-methyl/N-ethyl adjacent to an activating group) is 1. The van der Waals surface area contributed by atoms with Crippen LogP contribution in [0.15, 0.2) is 47.4 Å². The number of ether oxygens (including phenoxy) is 2. The first kappa shape index (κ1) is 26.0. The van der Waals surface area contributed by atoms with E-state index < -0.39 is 22.2 Å². The van der Waals surface area contributed by atoms with E-state index in [1.807, 2.05) is 31.2 Å². The largest absolute Gasteiger partial charge is 0.497 e. The Bertz CT molecular complexity index is 1100. The van der Waals surface area contributed by atoms with Crippen LogP contribution in [0.3, 0.4) is 0 Å². The molecule has 3 rings (SSSR count). The predicted molar refractivity (Wildman–Crippen MR) is 130 cm³/mol. The Morgan fingerprint density at radius 1 is 1.24 bits per heavy atom. The van der Waals surface area contributed by atoms with Crippen molar-refractivity contribution in [3.8, 4) is 22.6 Å². The average Bonchev–Trinajstić information content (AvgIpc) is 2.84. The van der Waals surface area contributed by atoms with E-state index in [0.717, 1.165) is 16.9 Å². The highest BCUT2D eigenvalue weighted by atomic mass is 32.2. The second kappa shape index (κ2) is 10.8. The molecule has 1 N–H and O–H groups in total. The van der Waals surface area contributed by atoms with Crippen molar-refractivity contribution >= 4 is 15.9 Å². The van der Waals surface area contributed by atoms with Gasteiger partial charge in [-0.25, -0.2) is 8.42 Å². The number of aliphatic hydroxyl groups excluding tert-OH is 1. The SMILES string of the molecule is CCC(=O)N(C)C[C@@H]1Oc2cc(-c3ccc(OC)cc3)ccc2S(=O)(=O)N([C@@H](C)CO)C[C@H]1C. The summed E-state index contributed by atoms with van der Waals surface area (Å²) in [6.07, 6.45) is -0.0630. The molecule has 9 heteroatoms. The fourth-order valence-corrected chi connectivity index (χ4v) is 5.87. The van der Waals surface area contributed by atoms with Crippen molar-refractivity contribution in [2.45, 2.75) is 44.2 Å². The van der Waals surface area contributed by atoms with Crippen LogP contribution in [0.5, 0.6) is 11.5 Å². The molecule has 2 aromatic carbocycles. The maximum Gasteiger partial charge on any atom is 0.247 e. The van der Waals surface area contributed by atoms with E-state index in [4.69, 9.17) is 9.47 Å². The zero-order valence-electron chi connectivity index (χ0n) is 20.4. The average molecular weight is 491 g/mol. The number of sulfonamides is 1. The van der Waals surface area contributed by atoms with Crippen LogP contribution in [-0.2, 0) is 14.8 Å². The van der Waals surface area contributed by atoms with Crippen molar-refractivity contribution < 1.29 is 27.8 Å². The number of rotatable bonds is 7. The third-order valence-electron chi connectivity index (χ3n) is 6.27. The lowest BCUT2D eigenvalue weighted by Gasteiger charge is -2.37. The molecule has 0 unspecified atom stereocenters. The summed E-state index contributed by atoms with van der Waals surface area (Å²) in [4.78, 5) is 13.9. The standard InChI is InChI=1S/C25H34N2O6S/c1-6-25(29)26(4)15-23-17(2)14-27(18(3)16-28)34(30,31)24-12-9-20(13-22(24)33-23)19-7-10-21(32-5)11-8-19/h7-13,17-18,23,28H,6,14-16H2,1-5H3/t17-,18+,23+/m1/s1. The quantitative estimate of drug-likeness (QED) is 0.641. The first-order chi connectivity index (χ1) is 16.1. The van der Waals surface area contributed by atoms with Crippen LogP contribution < -0.4 is 9.47 Å². The number of hydrogen-bond acceptors (Lipinski definition) is 6. The molecule has 2 aromatic rings. The first-order valence-electron chi connectivity index (χ1n) is 11.4. The second-order valence-corrected chi connectivity index (χ2v) is 10.6. The number of methoxy groups -OCH3 is 1. The van der Waals surface area contributed by atoms with Crippen LogP contribution >= 0.6 is 0 Å². The van der Waals surface area contributed by atoms with Gasteiger partial charge in [0.15, 0.2) is 0 Å². The van der Waals surface area contributed by atoms with Crippen LogP contribution in [0.25, 0.3) is 11.1 Å². The second-order valence-electron chi connectivity index (χ2n) is 8.76. The molecule has 1 aliphatic heterocycles. The summed E-state index contributed by atoms with van der Waals surface area (Å²) in [5, 5.41) is 9.77. The number of hydrogen-bond donors (Lipinski definition) is 1. The molecular formula is C25H34N2O6S. The number of benzene rings is 2. The normalized spacial score (nSPS) is 20.9. The highest BCUT2D eigenvalue weighted by Crippen LogP contribution is 2.36. The Morgan fingerprint density at radius 2 is 1.88 bits per heavy atom. The number of amides is 1. The molecule has 8 nitrogen and oxygen atoms in total. The molecule has 1 aliphatic rings. The third-order valence-corrected chi connectivity index (χ3v) is 8.29. The summed E-state index contributed by atoms with van der Waals surface area (Å²) < 4.78 is 40.1. The molecular weight excluding hydrogens is 456 g/mol. The highest BCUT2D eigenvalue weighted by Gasteiger charge is 2.38. The number of nitrogens with zero attached hydrogens (tertiary/aromatic N) is 2. The summed E-state index contributed by atoms with van der Waals surface area (Å²) >= 11 is 0. The Kier molecular flexibility index (Phi) is 8.22. The van der Waals surface area contributed by atoms with Crippen molar-refractivity contribution in [2.75, 3.05) is 33.9 Å². The molecule has 0 spiro atoms. The third kappa shape index (κ3) is 5.37. The van der Waals surface area contributed by atoms with Gasteiger partial charge in [0, 0.05) is 32.0 Å². The van der Waals surface area contributed by atoms with Crippen molar-refractivity contribution in [1.82, 2.24) is 9.21 Å². The summed E-state index contributed by atoms with van der Waals surface area (Å²) in [5.41, 5.74) is 1.68. The van der Waals surface area contributed by atoms with Crippen LogP contribution in [0, 0.1) is 5.92 Å². The van der Waals surface area contributed by atoms with E-state index in [1.54, 1.807) is 51.1 Å². The van der Waals surface area contributed by atoms with Gasteiger partial charge < -0.3 is 19.5 Å². The molecule has 3 atom stereocenters. The number of fused-ring (bicyclic) bond motifs is 1. The minimum atomic E-state index is -3.92. The van der Waals surface area contributed by atoms with Gasteiger partial charge in [-0.1, -0.05) is 32.0 Å². The van der Waals surface area contributed by atoms with Crippen molar-refractivity contribution in [3.63, 3.8) is 0 Å². The highest BCUT2D eigenvalue weighted by molar-refractivity contribution is 7.89. The maximum absolute atomic E-state index is 13.6. The topological polar surface area (TPSA) is 96.4 Å². The smallest absolute Gasteiger partial charge is 0.247 e. The Balaban J connectivity index is 2.10. The summed E-state index contributed by atoms with van der Waals surface area (Å²) in [6.45, 7) is 5.57. The molecule has 1 amide bonds. The lowest BCUT2D eigenvalue weighted by atomic mass is 10.0. The van der Waals surface area contributed by atoms with Gasteiger partial charge in [-0.15, -0.1) is 0 Å². The predicted octanol–water partition coefficient (Wildman–Crippen LogP) is 3.00. The van der Waals surface area contributed by atoms with Gasteiger partial charge in [0.2, 0.25) is 15.9 Å². The minimum Gasteiger partial charge on any atom is -0.497 e. The molecule has 0 fully saturated rings. The zero-order chi connectivity index (χ0) is 25.0. The van der Waals surface area contributed by atoms with Gasteiger partial charge in [-0.2, -0.15) is 4.31 Å². The van der Waals surface area contributed by atoms with Crippen molar-refractivity contribution in [1.29, 1.82) is 0 Å². The van der Waals surface area contributed by atoms with E-state index in [-0.39, 0.29) is 35.6 Å². The lowest BCUT2D eigenvalue weighted by molar-refractivity contribution is -0.131. The van der Waals surface area contributed by atoms with Gasteiger partial charge in [-0.05, 0) is 42.3 Å². The Hall–Kier alpha value is -2.62. The first-order valence-corrected chi connectivity index (χ1v) is 12.9. The van der Waals surface area contributed by atoms with E-state index in [2.05, 4.69) is 0 Å². The summed E-state index contributed by atoms with van der Waals surface area (Å²) in [7, 11) is -0.602.